The quantitative estimate of drug-likeness (QED) is 0.781. The smallest absolute Gasteiger partial charge is 0.256 e. The number of nitrogens with one attached hydrogen (secondary N) is 1. The van der Waals surface area contributed by atoms with Gasteiger partial charge in [-0.25, -0.2) is 4.68 Å². The molecule has 112 valence electrons. The Hall–Kier alpha value is -2.62. The average molecular weight is 293 g/mol. The minimum absolute atomic E-state index is 0.115. The fourth-order valence-electron chi connectivity index (χ4n) is 2.46. The van der Waals surface area contributed by atoms with E-state index in [-0.39, 0.29) is 11.9 Å². The molecule has 1 unspecified atom stereocenters. The second-order valence-corrected chi connectivity index (χ2v) is 5.43. The van der Waals surface area contributed by atoms with Crippen molar-refractivity contribution < 1.29 is 4.79 Å². The first-order chi connectivity index (χ1) is 10.7. The Morgan fingerprint density at radius 3 is 2.73 bits per heavy atom. The van der Waals surface area contributed by atoms with Crippen LogP contribution in [-0.4, -0.2) is 15.7 Å². The number of hydrogen-bond donors (Lipinski definition) is 1. The molecule has 0 saturated heterocycles. The van der Waals surface area contributed by atoms with Crippen molar-refractivity contribution in [3.63, 3.8) is 0 Å². The summed E-state index contributed by atoms with van der Waals surface area (Å²) in [6.07, 6.45) is 2.67. The van der Waals surface area contributed by atoms with Crippen LogP contribution in [0.25, 0.3) is 10.8 Å². The van der Waals surface area contributed by atoms with Crippen molar-refractivity contribution in [2.75, 3.05) is 5.32 Å². The van der Waals surface area contributed by atoms with E-state index in [1.54, 1.807) is 6.20 Å². The predicted octanol–water partition coefficient (Wildman–Crippen LogP) is 4.26. The van der Waals surface area contributed by atoms with E-state index >= 15 is 0 Å². The van der Waals surface area contributed by atoms with Crippen LogP contribution >= 0.6 is 0 Å². The van der Waals surface area contributed by atoms with Crippen LogP contribution in [0.1, 0.15) is 36.7 Å². The molecule has 0 bridgehead atoms. The predicted molar refractivity (Wildman–Crippen MR) is 89.1 cm³/mol. The van der Waals surface area contributed by atoms with Gasteiger partial charge in [0.2, 0.25) is 0 Å². The van der Waals surface area contributed by atoms with Gasteiger partial charge in [0.05, 0.1) is 12.2 Å². The maximum Gasteiger partial charge on any atom is 0.256 e. The van der Waals surface area contributed by atoms with Gasteiger partial charge in [0.25, 0.3) is 5.91 Å². The zero-order valence-electron chi connectivity index (χ0n) is 12.8. The van der Waals surface area contributed by atoms with Crippen molar-refractivity contribution in [1.82, 2.24) is 9.78 Å². The number of carbonyl (C=O) groups is 1. The number of aromatic nitrogens is 2. The van der Waals surface area contributed by atoms with E-state index in [0.29, 0.717) is 5.56 Å². The van der Waals surface area contributed by atoms with Gasteiger partial charge in [0.1, 0.15) is 5.82 Å². The minimum Gasteiger partial charge on any atom is -0.307 e. The molecule has 0 saturated carbocycles. The molecule has 2 aromatic carbocycles. The highest BCUT2D eigenvalue weighted by molar-refractivity contribution is 6.06. The van der Waals surface area contributed by atoms with Gasteiger partial charge in [-0.2, -0.15) is 5.10 Å². The Morgan fingerprint density at radius 1 is 1.18 bits per heavy atom. The summed E-state index contributed by atoms with van der Waals surface area (Å²) in [6, 6.07) is 15.8. The molecule has 1 heterocycles. The van der Waals surface area contributed by atoms with Crippen LogP contribution in [0.2, 0.25) is 0 Å². The second-order valence-electron chi connectivity index (χ2n) is 5.43. The van der Waals surface area contributed by atoms with E-state index in [1.807, 2.05) is 53.2 Å². The molecule has 1 N–H and O–H groups in total. The highest BCUT2D eigenvalue weighted by Gasteiger charge is 2.12. The summed E-state index contributed by atoms with van der Waals surface area (Å²) in [4.78, 5) is 12.5. The molecule has 1 atom stereocenters. The van der Waals surface area contributed by atoms with Crippen molar-refractivity contribution in [2.24, 2.45) is 0 Å². The maximum atomic E-state index is 12.5. The van der Waals surface area contributed by atoms with Gasteiger partial charge in [-0.15, -0.1) is 0 Å². The van der Waals surface area contributed by atoms with Crippen LogP contribution in [0.4, 0.5) is 5.82 Å². The van der Waals surface area contributed by atoms with Crippen LogP contribution in [0.3, 0.4) is 0 Å². The monoisotopic (exact) mass is 293 g/mol. The van der Waals surface area contributed by atoms with Crippen LogP contribution < -0.4 is 5.32 Å². The number of anilines is 1. The highest BCUT2D eigenvalue weighted by Crippen LogP contribution is 2.19. The van der Waals surface area contributed by atoms with Crippen LogP contribution in [0.15, 0.2) is 54.7 Å². The summed E-state index contributed by atoms with van der Waals surface area (Å²) < 4.78 is 1.85. The number of nitrogens with zero attached hydrogens (tertiary/aromatic N) is 2. The molecular formula is C18H19N3O. The standard InChI is InChI=1S/C18H19N3O/c1-3-13(2)21-17(10-11-19-21)20-18(22)16-9-8-14-6-4-5-7-15(14)12-16/h4-13H,3H2,1-2H3,(H,20,22). The molecule has 0 fully saturated rings. The molecule has 4 heteroatoms. The number of amides is 1. The lowest BCUT2D eigenvalue weighted by Crippen LogP contribution is -2.17. The molecule has 1 aromatic heterocycles. The summed E-state index contributed by atoms with van der Waals surface area (Å²) in [5.41, 5.74) is 0.649. The Bertz CT molecular complexity index is 807. The zero-order chi connectivity index (χ0) is 15.5. The van der Waals surface area contributed by atoms with Crippen molar-refractivity contribution >= 4 is 22.5 Å². The van der Waals surface area contributed by atoms with E-state index in [1.165, 1.54) is 0 Å². The third kappa shape index (κ3) is 2.72. The van der Waals surface area contributed by atoms with Gasteiger partial charge in [0.15, 0.2) is 0 Å². The summed E-state index contributed by atoms with van der Waals surface area (Å²) in [7, 11) is 0. The topological polar surface area (TPSA) is 46.9 Å². The van der Waals surface area contributed by atoms with Gasteiger partial charge in [0, 0.05) is 11.6 Å². The number of hydrogen-bond acceptors (Lipinski definition) is 2. The lowest BCUT2D eigenvalue weighted by atomic mass is 10.1. The number of benzene rings is 2. The van der Waals surface area contributed by atoms with Crippen molar-refractivity contribution in [1.29, 1.82) is 0 Å². The minimum atomic E-state index is -0.115. The van der Waals surface area contributed by atoms with Gasteiger partial charge >= 0.3 is 0 Å². The van der Waals surface area contributed by atoms with Crippen LogP contribution in [-0.2, 0) is 0 Å². The third-order valence-electron chi connectivity index (χ3n) is 3.93. The Labute approximate surface area is 129 Å². The molecule has 3 rings (SSSR count). The largest absolute Gasteiger partial charge is 0.307 e. The molecule has 0 aliphatic heterocycles. The lowest BCUT2D eigenvalue weighted by molar-refractivity contribution is 0.102. The maximum absolute atomic E-state index is 12.5. The third-order valence-corrected chi connectivity index (χ3v) is 3.93. The molecule has 22 heavy (non-hydrogen) atoms. The van der Waals surface area contributed by atoms with E-state index in [2.05, 4.69) is 24.3 Å². The molecule has 3 aromatic rings. The van der Waals surface area contributed by atoms with Crippen LogP contribution in [0, 0.1) is 0 Å². The van der Waals surface area contributed by atoms with E-state index in [9.17, 15) is 4.79 Å². The van der Waals surface area contributed by atoms with Crippen molar-refractivity contribution in [2.45, 2.75) is 26.3 Å². The van der Waals surface area contributed by atoms with Crippen LogP contribution in [0.5, 0.6) is 0 Å². The van der Waals surface area contributed by atoms with Gasteiger partial charge in [-0.05, 0) is 36.2 Å². The molecule has 4 nitrogen and oxygen atoms in total. The van der Waals surface area contributed by atoms with Gasteiger partial charge in [-0.1, -0.05) is 37.3 Å². The first kappa shape index (κ1) is 14.3. The summed E-state index contributed by atoms with van der Waals surface area (Å²) in [5, 5.41) is 9.42. The summed E-state index contributed by atoms with van der Waals surface area (Å²) in [5.74, 6) is 0.614. The second kappa shape index (κ2) is 6.02. The zero-order valence-corrected chi connectivity index (χ0v) is 12.8. The Kier molecular flexibility index (Phi) is 3.92. The Balaban J connectivity index is 1.86. The van der Waals surface area contributed by atoms with Crippen molar-refractivity contribution in [3.05, 3.63) is 60.3 Å². The van der Waals surface area contributed by atoms with E-state index < -0.39 is 0 Å². The summed E-state index contributed by atoms with van der Waals surface area (Å²) >= 11 is 0. The fraction of sp³-hybridized carbons (Fsp3) is 0.222. The first-order valence-corrected chi connectivity index (χ1v) is 7.52. The van der Waals surface area contributed by atoms with Crippen molar-refractivity contribution in [3.8, 4) is 0 Å². The normalized spacial score (nSPS) is 12.3. The molecule has 0 aliphatic carbocycles. The number of carbonyl (C=O) groups excluding carboxylic acids is 1. The first-order valence-electron chi connectivity index (χ1n) is 7.52. The molecule has 0 spiro atoms. The Morgan fingerprint density at radius 2 is 1.95 bits per heavy atom. The van der Waals surface area contributed by atoms with E-state index in [0.717, 1.165) is 23.0 Å². The lowest BCUT2D eigenvalue weighted by Gasteiger charge is -2.14. The van der Waals surface area contributed by atoms with E-state index in [4.69, 9.17) is 0 Å². The molecule has 0 radical (unpaired) electrons. The molecule has 0 aliphatic rings. The molecule has 1 amide bonds. The summed E-state index contributed by atoms with van der Waals surface area (Å²) in [6.45, 7) is 4.18. The fourth-order valence-corrected chi connectivity index (χ4v) is 2.46. The molecular weight excluding hydrogens is 274 g/mol. The number of fused-ring (bicyclic) bond motifs is 1. The van der Waals surface area contributed by atoms with Gasteiger partial charge < -0.3 is 5.32 Å². The highest BCUT2D eigenvalue weighted by atomic mass is 16.1. The average Bonchev–Trinajstić information content (AvgIpc) is 3.01. The SMILES string of the molecule is CCC(C)n1nccc1NC(=O)c1ccc2ccccc2c1. The van der Waals surface area contributed by atoms with Gasteiger partial charge in [-0.3, -0.25) is 4.79 Å². The number of rotatable bonds is 4.